The number of hydrogen-bond acceptors (Lipinski definition) is 2. The van der Waals surface area contributed by atoms with Gasteiger partial charge in [-0.3, -0.25) is 5.43 Å². The third kappa shape index (κ3) is 7.32. The first-order valence-corrected chi connectivity index (χ1v) is 4.90. The Labute approximate surface area is 81.4 Å². The molecular formula is C11H20N2. The summed E-state index contributed by atoms with van der Waals surface area (Å²) in [5.74, 6) is 0. The van der Waals surface area contributed by atoms with Crippen molar-refractivity contribution in [2.45, 2.75) is 39.0 Å². The van der Waals surface area contributed by atoms with Gasteiger partial charge in [-0.25, -0.2) is 0 Å². The molecule has 0 spiro atoms. The molecule has 0 aliphatic heterocycles. The van der Waals surface area contributed by atoms with Crippen molar-refractivity contribution in [1.29, 1.82) is 0 Å². The maximum Gasteiger partial charge on any atom is 0.0601 e. The Balaban J connectivity index is 3.59. The van der Waals surface area contributed by atoms with Gasteiger partial charge >= 0.3 is 0 Å². The van der Waals surface area contributed by atoms with Crippen LogP contribution in [0.4, 0.5) is 0 Å². The van der Waals surface area contributed by atoms with Crippen molar-refractivity contribution in [3.8, 4) is 0 Å². The molecule has 0 aliphatic rings. The molecule has 0 rings (SSSR count). The second-order valence-electron chi connectivity index (χ2n) is 2.95. The van der Waals surface area contributed by atoms with Crippen LogP contribution in [0.15, 0.2) is 30.5 Å². The van der Waals surface area contributed by atoms with E-state index in [9.17, 15) is 0 Å². The lowest BCUT2D eigenvalue weighted by molar-refractivity contribution is 0.682. The second kappa shape index (κ2) is 9.04. The number of nitrogens with one attached hydrogen (secondary N) is 1. The summed E-state index contributed by atoms with van der Waals surface area (Å²) in [5, 5.41) is 4.09. The minimum absolute atomic E-state index is 1.00. The fourth-order valence-electron chi connectivity index (χ4n) is 1.07. The average molecular weight is 180 g/mol. The zero-order valence-electron chi connectivity index (χ0n) is 8.55. The van der Waals surface area contributed by atoms with Crippen LogP contribution >= 0.6 is 0 Å². The molecule has 1 N–H and O–H groups in total. The molecule has 0 saturated heterocycles. The summed E-state index contributed by atoms with van der Waals surface area (Å²) in [4.78, 5) is 0. The smallest absolute Gasteiger partial charge is 0.0601 e. The third-order valence-electron chi connectivity index (χ3n) is 1.82. The Bertz CT molecular complexity index is 171. The topological polar surface area (TPSA) is 24.4 Å². The molecule has 0 aliphatic carbocycles. The molecule has 0 heterocycles. The van der Waals surface area contributed by atoms with Gasteiger partial charge in [-0.05, 0) is 18.9 Å². The van der Waals surface area contributed by atoms with Crippen LogP contribution in [0, 0.1) is 0 Å². The number of hydrogen-bond donors (Lipinski definition) is 1. The van der Waals surface area contributed by atoms with Gasteiger partial charge in [0.05, 0.1) is 5.71 Å². The predicted octanol–water partition coefficient (Wildman–Crippen LogP) is 3.23. The van der Waals surface area contributed by atoms with E-state index in [0.717, 1.165) is 12.1 Å². The summed E-state index contributed by atoms with van der Waals surface area (Å²) >= 11 is 0. The molecule has 0 aromatic carbocycles. The highest BCUT2D eigenvalue weighted by atomic mass is 15.3. The van der Waals surface area contributed by atoms with E-state index in [-0.39, 0.29) is 0 Å². The van der Waals surface area contributed by atoms with Crippen LogP contribution in [-0.2, 0) is 0 Å². The fourth-order valence-corrected chi connectivity index (χ4v) is 1.07. The summed E-state index contributed by atoms with van der Waals surface area (Å²) in [7, 11) is 0. The number of unbranched alkanes of at least 4 members (excludes halogenated alkanes) is 3. The standard InChI is InChI=1S/C11H20N2/c1-4-7-8-9-10-11(5-2)13-12-6-3/h5-6,12H,2-4,7-10H2,1H3/b13-11+. The molecule has 0 radical (unpaired) electrons. The second-order valence-corrected chi connectivity index (χ2v) is 2.95. The number of allylic oxidation sites excluding steroid dienone is 1. The Morgan fingerprint density at radius 3 is 2.62 bits per heavy atom. The SMILES string of the molecule is C=CN/N=C(\C=C)CCCCCC. The lowest BCUT2D eigenvalue weighted by Gasteiger charge is -2.00. The molecule has 0 unspecified atom stereocenters. The van der Waals surface area contributed by atoms with E-state index in [1.165, 1.54) is 25.7 Å². The van der Waals surface area contributed by atoms with E-state index in [1.807, 2.05) is 0 Å². The van der Waals surface area contributed by atoms with Crippen LogP contribution in [0.3, 0.4) is 0 Å². The van der Waals surface area contributed by atoms with Crippen molar-refractivity contribution in [3.63, 3.8) is 0 Å². The molecule has 2 heteroatoms. The first-order valence-electron chi connectivity index (χ1n) is 4.90. The molecular weight excluding hydrogens is 160 g/mol. The average Bonchev–Trinajstić information content (AvgIpc) is 2.17. The quantitative estimate of drug-likeness (QED) is 0.346. The van der Waals surface area contributed by atoms with Gasteiger partial charge in [0.2, 0.25) is 0 Å². The Morgan fingerprint density at radius 2 is 2.08 bits per heavy atom. The van der Waals surface area contributed by atoms with E-state index in [1.54, 1.807) is 12.3 Å². The summed E-state index contributed by atoms with van der Waals surface area (Å²) in [5.41, 5.74) is 3.73. The molecule has 0 saturated carbocycles. The van der Waals surface area contributed by atoms with Gasteiger partial charge in [-0.2, -0.15) is 5.10 Å². The molecule has 0 aromatic heterocycles. The molecule has 2 nitrogen and oxygen atoms in total. The van der Waals surface area contributed by atoms with Crippen LogP contribution in [0.5, 0.6) is 0 Å². The van der Waals surface area contributed by atoms with Crippen LogP contribution < -0.4 is 5.43 Å². The van der Waals surface area contributed by atoms with Crippen LogP contribution in [-0.4, -0.2) is 5.71 Å². The predicted molar refractivity (Wildman–Crippen MR) is 59.7 cm³/mol. The Morgan fingerprint density at radius 1 is 1.31 bits per heavy atom. The molecule has 0 fully saturated rings. The molecule has 74 valence electrons. The Hall–Kier alpha value is -1.05. The van der Waals surface area contributed by atoms with Gasteiger partial charge in [0, 0.05) is 6.20 Å². The molecule has 0 aromatic rings. The van der Waals surface area contributed by atoms with Gasteiger partial charge in [0.1, 0.15) is 0 Å². The van der Waals surface area contributed by atoms with Gasteiger partial charge < -0.3 is 0 Å². The van der Waals surface area contributed by atoms with E-state index in [2.05, 4.69) is 30.6 Å². The minimum Gasteiger partial charge on any atom is -0.286 e. The van der Waals surface area contributed by atoms with Crippen molar-refractivity contribution in [2.24, 2.45) is 5.10 Å². The lowest BCUT2D eigenvalue weighted by atomic mass is 10.1. The van der Waals surface area contributed by atoms with Gasteiger partial charge in [-0.15, -0.1) is 0 Å². The highest BCUT2D eigenvalue weighted by molar-refractivity contribution is 5.94. The fraction of sp³-hybridized carbons (Fsp3) is 0.545. The molecule has 0 atom stereocenters. The molecule has 0 bridgehead atoms. The summed E-state index contributed by atoms with van der Waals surface area (Å²) in [6.07, 6.45) is 9.40. The van der Waals surface area contributed by atoms with Crippen molar-refractivity contribution in [3.05, 3.63) is 25.4 Å². The highest BCUT2D eigenvalue weighted by Gasteiger charge is 1.93. The van der Waals surface area contributed by atoms with Crippen molar-refractivity contribution >= 4 is 5.71 Å². The van der Waals surface area contributed by atoms with E-state index < -0.39 is 0 Å². The van der Waals surface area contributed by atoms with Crippen LogP contribution in [0.25, 0.3) is 0 Å². The van der Waals surface area contributed by atoms with E-state index in [4.69, 9.17) is 0 Å². The third-order valence-corrected chi connectivity index (χ3v) is 1.82. The molecule has 0 amide bonds. The van der Waals surface area contributed by atoms with Crippen LogP contribution in [0.2, 0.25) is 0 Å². The summed E-state index contributed by atoms with van der Waals surface area (Å²) < 4.78 is 0. The zero-order valence-corrected chi connectivity index (χ0v) is 8.55. The van der Waals surface area contributed by atoms with Crippen molar-refractivity contribution in [1.82, 2.24) is 5.43 Å². The molecule has 13 heavy (non-hydrogen) atoms. The minimum atomic E-state index is 1.00. The normalized spacial score (nSPS) is 11.0. The number of rotatable bonds is 8. The van der Waals surface area contributed by atoms with Crippen molar-refractivity contribution < 1.29 is 0 Å². The van der Waals surface area contributed by atoms with Gasteiger partial charge in [0.25, 0.3) is 0 Å². The van der Waals surface area contributed by atoms with E-state index >= 15 is 0 Å². The first-order chi connectivity index (χ1) is 6.35. The maximum absolute atomic E-state index is 4.09. The highest BCUT2D eigenvalue weighted by Crippen LogP contribution is 2.03. The number of nitrogens with zero attached hydrogens (tertiary/aromatic N) is 1. The number of hydrazone groups is 1. The lowest BCUT2D eigenvalue weighted by Crippen LogP contribution is -2.01. The zero-order chi connectivity index (χ0) is 9.94. The van der Waals surface area contributed by atoms with Crippen LogP contribution in [0.1, 0.15) is 39.0 Å². The van der Waals surface area contributed by atoms with E-state index in [0.29, 0.717) is 0 Å². The summed E-state index contributed by atoms with van der Waals surface area (Å²) in [6, 6.07) is 0. The first kappa shape index (κ1) is 11.9. The maximum atomic E-state index is 4.09. The summed E-state index contributed by atoms with van der Waals surface area (Å²) in [6.45, 7) is 9.44. The van der Waals surface area contributed by atoms with Gasteiger partial charge in [-0.1, -0.05) is 39.3 Å². The van der Waals surface area contributed by atoms with Gasteiger partial charge in [0.15, 0.2) is 0 Å². The largest absolute Gasteiger partial charge is 0.286 e. The monoisotopic (exact) mass is 180 g/mol. The van der Waals surface area contributed by atoms with Crippen molar-refractivity contribution in [2.75, 3.05) is 0 Å². The Kier molecular flexibility index (Phi) is 8.31.